The summed E-state index contributed by atoms with van der Waals surface area (Å²) in [5.74, 6) is -1.19. The Hall–Kier alpha value is -3.03. The monoisotopic (exact) mass is 386 g/mol. The van der Waals surface area contributed by atoms with Crippen LogP contribution in [0.3, 0.4) is 0 Å². The summed E-state index contributed by atoms with van der Waals surface area (Å²) in [7, 11) is 1.78. The van der Waals surface area contributed by atoms with Crippen LogP contribution in [0.2, 0.25) is 0 Å². The van der Waals surface area contributed by atoms with Gasteiger partial charge in [0.1, 0.15) is 11.7 Å². The topological polar surface area (TPSA) is 69.0 Å². The molecule has 3 aromatic rings. The molecule has 1 saturated carbocycles. The quantitative estimate of drug-likeness (QED) is 0.718. The number of halogens is 2. The Morgan fingerprint density at radius 3 is 2.82 bits per heavy atom. The summed E-state index contributed by atoms with van der Waals surface area (Å²) in [6.07, 6.45) is 1.25. The predicted molar refractivity (Wildman–Crippen MR) is 101 cm³/mol. The van der Waals surface area contributed by atoms with E-state index in [1.165, 1.54) is 6.07 Å². The Bertz CT molecular complexity index is 1080. The van der Waals surface area contributed by atoms with Crippen molar-refractivity contribution in [3.8, 4) is 11.6 Å². The Kier molecular flexibility index (Phi) is 4.49. The zero-order valence-electron chi connectivity index (χ0n) is 15.8. The lowest BCUT2D eigenvalue weighted by Gasteiger charge is -2.13. The first-order valence-electron chi connectivity index (χ1n) is 9.11. The average molecular weight is 386 g/mol. The zero-order chi connectivity index (χ0) is 20.0. The predicted octanol–water partition coefficient (Wildman–Crippen LogP) is 4.07. The van der Waals surface area contributed by atoms with E-state index in [0.717, 1.165) is 5.56 Å². The minimum absolute atomic E-state index is 0.102. The van der Waals surface area contributed by atoms with E-state index in [9.17, 15) is 13.6 Å². The van der Waals surface area contributed by atoms with Crippen LogP contribution >= 0.6 is 0 Å². The highest BCUT2D eigenvalue weighted by atomic mass is 19.1. The number of rotatable bonds is 5. The number of aromatic nitrogens is 3. The number of imidazole rings is 1. The first-order valence-corrected chi connectivity index (χ1v) is 9.11. The van der Waals surface area contributed by atoms with Gasteiger partial charge in [0.25, 0.3) is 0 Å². The molecule has 0 unspecified atom stereocenters. The maximum absolute atomic E-state index is 14.5. The molecule has 0 aliphatic heterocycles. The first kappa shape index (κ1) is 18.3. The van der Waals surface area contributed by atoms with Crippen LogP contribution in [0.1, 0.15) is 24.5 Å². The van der Waals surface area contributed by atoms with Gasteiger partial charge in [-0.05, 0) is 37.0 Å². The van der Waals surface area contributed by atoms with Crippen molar-refractivity contribution in [2.45, 2.75) is 32.9 Å². The Morgan fingerprint density at radius 1 is 1.39 bits per heavy atom. The number of aryl methyl sites for hydroxylation is 3. The highest BCUT2D eigenvalue weighted by molar-refractivity contribution is 6.00. The van der Waals surface area contributed by atoms with Crippen LogP contribution in [-0.2, 0) is 18.3 Å². The molecular weight excluding hydrogens is 366 g/mol. The standard InChI is InChI=1S/C20H20F2N4O2/c1-4-11-5-10(2)6-14(22)18(11)28-16-8-15-17(23-9-26(15)3)19(24-16)25-20(27)12-7-13(12)21/h5-6,8-9,12-13H,4,7H2,1-3H3,(H,24,25,27)/t12-,13+/m0/s1. The lowest BCUT2D eigenvalue weighted by molar-refractivity contribution is -0.117. The molecule has 1 fully saturated rings. The van der Waals surface area contributed by atoms with Gasteiger partial charge in [0, 0.05) is 13.1 Å². The highest BCUT2D eigenvalue weighted by Gasteiger charge is 2.44. The van der Waals surface area contributed by atoms with E-state index >= 15 is 0 Å². The van der Waals surface area contributed by atoms with Crippen LogP contribution in [0.4, 0.5) is 14.6 Å². The molecule has 2 heterocycles. The lowest BCUT2D eigenvalue weighted by atomic mass is 10.1. The summed E-state index contributed by atoms with van der Waals surface area (Å²) in [5, 5.41) is 2.63. The molecule has 2 atom stereocenters. The molecule has 4 rings (SSSR count). The summed E-state index contributed by atoms with van der Waals surface area (Å²) in [4.78, 5) is 20.7. The van der Waals surface area contributed by atoms with Gasteiger partial charge in [0.05, 0.1) is 17.8 Å². The molecule has 1 N–H and O–H groups in total. The van der Waals surface area contributed by atoms with E-state index in [4.69, 9.17) is 4.74 Å². The third-order valence-electron chi connectivity index (χ3n) is 4.83. The van der Waals surface area contributed by atoms with Crippen molar-refractivity contribution >= 4 is 22.8 Å². The van der Waals surface area contributed by atoms with Gasteiger partial charge >= 0.3 is 0 Å². The number of alkyl halides is 1. The number of hydrogen-bond acceptors (Lipinski definition) is 4. The van der Waals surface area contributed by atoms with Crippen molar-refractivity contribution in [3.05, 3.63) is 41.5 Å². The van der Waals surface area contributed by atoms with Crippen molar-refractivity contribution in [1.29, 1.82) is 0 Å². The molecular formula is C20H20F2N4O2. The van der Waals surface area contributed by atoms with E-state index in [2.05, 4.69) is 15.3 Å². The summed E-state index contributed by atoms with van der Waals surface area (Å²) in [6.45, 7) is 3.73. The number of pyridine rings is 1. The molecule has 1 amide bonds. The average Bonchev–Trinajstić information content (AvgIpc) is 3.27. The SMILES string of the molecule is CCc1cc(C)cc(F)c1Oc1cc2c(ncn2C)c(NC(=O)[C@H]2C[C@H]2F)n1. The molecule has 146 valence electrons. The Morgan fingerprint density at radius 2 is 2.14 bits per heavy atom. The number of ether oxygens (including phenoxy) is 1. The van der Waals surface area contributed by atoms with Gasteiger partial charge in [0.15, 0.2) is 17.4 Å². The van der Waals surface area contributed by atoms with Crippen LogP contribution in [0.5, 0.6) is 11.6 Å². The number of carbonyl (C=O) groups is 1. The molecule has 0 bridgehead atoms. The van der Waals surface area contributed by atoms with Crippen molar-refractivity contribution in [3.63, 3.8) is 0 Å². The second-order valence-electron chi connectivity index (χ2n) is 7.07. The second-order valence-corrected chi connectivity index (χ2v) is 7.07. The van der Waals surface area contributed by atoms with Crippen LogP contribution < -0.4 is 10.1 Å². The van der Waals surface area contributed by atoms with Crippen molar-refractivity contribution in [2.24, 2.45) is 13.0 Å². The number of amides is 1. The molecule has 1 aliphatic carbocycles. The fourth-order valence-electron chi connectivity index (χ4n) is 3.17. The number of benzene rings is 1. The molecule has 6 nitrogen and oxygen atoms in total. The Labute approximate surface area is 160 Å². The molecule has 2 aromatic heterocycles. The molecule has 0 spiro atoms. The molecule has 1 aliphatic rings. The van der Waals surface area contributed by atoms with Crippen molar-refractivity contribution < 1.29 is 18.3 Å². The number of fused-ring (bicyclic) bond motifs is 1. The van der Waals surface area contributed by atoms with E-state index in [-0.39, 0.29) is 23.9 Å². The van der Waals surface area contributed by atoms with Gasteiger partial charge in [-0.1, -0.05) is 13.0 Å². The van der Waals surface area contributed by atoms with Crippen LogP contribution in [0.25, 0.3) is 11.0 Å². The van der Waals surface area contributed by atoms with Gasteiger partial charge in [-0.15, -0.1) is 0 Å². The smallest absolute Gasteiger partial charge is 0.231 e. The molecule has 0 radical (unpaired) electrons. The largest absolute Gasteiger partial charge is 0.436 e. The van der Waals surface area contributed by atoms with E-state index in [1.54, 1.807) is 24.0 Å². The fraction of sp³-hybridized carbons (Fsp3) is 0.350. The molecule has 28 heavy (non-hydrogen) atoms. The van der Waals surface area contributed by atoms with Crippen molar-refractivity contribution in [1.82, 2.24) is 14.5 Å². The number of carbonyl (C=O) groups excluding carboxylic acids is 1. The molecule has 0 saturated heterocycles. The molecule has 1 aromatic carbocycles. The third kappa shape index (κ3) is 3.30. The van der Waals surface area contributed by atoms with Gasteiger partial charge < -0.3 is 14.6 Å². The minimum Gasteiger partial charge on any atom is -0.436 e. The van der Waals surface area contributed by atoms with Crippen molar-refractivity contribution in [2.75, 3.05) is 5.32 Å². The highest BCUT2D eigenvalue weighted by Crippen LogP contribution is 2.36. The maximum Gasteiger partial charge on any atom is 0.231 e. The van der Waals surface area contributed by atoms with Gasteiger partial charge in [-0.2, -0.15) is 4.98 Å². The third-order valence-corrected chi connectivity index (χ3v) is 4.83. The normalized spacial score (nSPS) is 18.3. The number of nitrogens with one attached hydrogen (secondary N) is 1. The summed E-state index contributed by atoms with van der Waals surface area (Å²) >= 11 is 0. The molecule has 8 heteroatoms. The summed E-state index contributed by atoms with van der Waals surface area (Å²) < 4.78 is 35.2. The number of nitrogens with zero attached hydrogens (tertiary/aromatic N) is 3. The minimum atomic E-state index is -1.12. The number of hydrogen-bond donors (Lipinski definition) is 1. The van der Waals surface area contributed by atoms with E-state index in [1.807, 2.05) is 19.9 Å². The van der Waals surface area contributed by atoms with E-state index in [0.29, 0.717) is 23.0 Å². The maximum atomic E-state index is 14.5. The van der Waals surface area contributed by atoms with Gasteiger partial charge in [0.2, 0.25) is 11.8 Å². The summed E-state index contributed by atoms with van der Waals surface area (Å²) in [5.41, 5.74) is 2.63. The lowest BCUT2D eigenvalue weighted by Crippen LogP contribution is -2.16. The Balaban J connectivity index is 1.74. The van der Waals surface area contributed by atoms with Crippen LogP contribution in [-0.4, -0.2) is 26.6 Å². The zero-order valence-corrected chi connectivity index (χ0v) is 15.8. The van der Waals surface area contributed by atoms with Gasteiger partial charge in [-0.3, -0.25) is 4.79 Å². The summed E-state index contributed by atoms with van der Waals surface area (Å²) in [6, 6.07) is 4.89. The van der Waals surface area contributed by atoms with Crippen LogP contribution in [0.15, 0.2) is 24.5 Å². The van der Waals surface area contributed by atoms with Crippen LogP contribution in [0, 0.1) is 18.7 Å². The fourth-order valence-corrected chi connectivity index (χ4v) is 3.17. The first-order chi connectivity index (χ1) is 13.4. The van der Waals surface area contributed by atoms with Gasteiger partial charge in [-0.25, -0.2) is 13.8 Å². The van der Waals surface area contributed by atoms with E-state index < -0.39 is 23.8 Å². The number of anilines is 1. The second kappa shape index (κ2) is 6.85.